The minimum absolute atomic E-state index is 0.105. The Kier molecular flexibility index (Phi) is 6.30. The van der Waals surface area contributed by atoms with Crippen LogP contribution in [0.3, 0.4) is 0 Å². The second-order valence-corrected chi connectivity index (χ2v) is 14.6. The normalized spacial score (nSPS) is 19.4. The summed E-state index contributed by atoms with van der Waals surface area (Å²) in [5, 5.41) is 5.42. The average molecular weight is 445 g/mol. The number of fused-ring (bicyclic) bond motifs is 1. The van der Waals surface area contributed by atoms with E-state index in [9.17, 15) is 4.79 Å². The lowest BCUT2D eigenvalue weighted by atomic mass is 10.2. The molecule has 1 aliphatic heterocycles. The highest BCUT2D eigenvalue weighted by Crippen LogP contribution is 2.32. The minimum Gasteiger partial charge on any atom is -0.444 e. The molecule has 1 amide bonds. The fraction of sp³-hybridized carbons (Fsp3) is 0.619. The third-order valence-electron chi connectivity index (χ3n) is 4.80. The van der Waals surface area contributed by atoms with E-state index in [2.05, 4.69) is 41.1 Å². The van der Waals surface area contributed by atoms with Gasteiger partial charge in [-0.15, -0.1) is 5.54 Å². The molecule has 2 aromatic rings. The van der Waals surface area contributed by atoms with Crippen molar-refractivity contribution in [2.45, 2.75) is 64.5 Å². The van der Waals surface area contributed by atoms with Gasteiger partial charge >= 0.3 is 6.09 Å². The summed E-state index contributed by atoms with van der Waals surface area (Å²) in [6.45, 7) is 12.9. The number of carbonyl (C=O) groups is 1. The number of rotatable bonds is 3. The summed E-state index contributed by atoms with van der Waals surface area (Å²) in [5.41, 5.74) is 10.1. The van der Waals surface area contributed by atoms with Crippen molar-refractivity contribution in [1.82, 2.24) is 24.6 Å². The summed E-state index contributed by atoms with van der Waals surface area (Å²) in [7, 11) is 0.0115. The Morgan fingerprint density at radius 2 is 2.03 bits per heavy atom. The molecule has 0 bridgehead atoms. The molecule has 168 valence electrons. The Bertz CT molecular complexity index is 1030. The molecule has 2 N–H and O–H groups in total. The highest BCUT2D eigenvalue weighted by atomic mass is 28.3. The number of anilines is 1. The maximum Gasteiger partial charge on any atom is 0.410 e. The number of ether oxygens (including phenoxy) is 2. The van der Waals surface area contributed by atoms with Gasteiger partial charge in [0.1, 0.15) is 31.5 Å². The highest BCUT2D eigenvalue weighted by molar-refractivity contribution is 6.83. The van der Waals surface area contributed by atoms with Gasteiger partial charge in [0.15, 0.2) is 5.65 Å². The number of carbonyl (C=O) groups excluding carboxylic acids is 1. The molecule has 3 rings (SSSR count). The number of nitrogen functional groups attached to an aromatic ring is 1. The van der Waals surface area contributed by atoms with Gasteiger partial charge in [-0.2, -0.15) is 5.10 Å². The summed E-state index contributed by atoms with van der Waals surface area (Å²) in [6.07, 6.45) is 1.73. The van der Waals surface area contributed by atoms with Crippen molar-refractivity contribution in [2.75, 3.05) is 26.0 Å². The van der Waals surface area contributed by atoms with Crippen LogP contribution in [0.1, 0.15) is 38.9 Å². The van der Waals surface area contributed by atoms with Crippen LogP contribution in [0.15, 0.2) is 6.33 Å². The topological polar surface area (TPSA) is 108 Å². The molecule has 1 fully saturated rings. The molecule has 10 heteroatoms. The maximum absolute atomic E-state index is 12.8. The van der Waals surface area contributed by atoms with Gasteiger partial charge in [-0.05, 0) is 27.2 Å². The van der Waals surface area contributed by atoms with Gasteiger partial charge in [0.2, 0.25) is 0 Å². The molecule has 0 spiro atoms. The zero-order chi connectivity index (χ0) is 23.0. The SMILES string of the molecule is COC[C@H]1CC(n2nc(C#C[Si](C)(C)C)c3c(N)ncnc32)CN1C(=O)OC(C)(C)C. The summed E-state index contributed by atoms with van der Waals surface area (Å²) in [5.74, 6) is 3.56. The molecule has 9 nitrogen and oxygen atoms in total. The Hall–Kier alpha value is -2.64. The van der Waals surface area contributed by atoms with Crippen molar-refractivity contribution in [3.63, 3.8) is 0 Å². The van der Waals surface area contributed by atoms with Crippen molar-refractivity contribution in [3.05, 3.63) is 12.0 Å². The van der Waals surface area contributed by atoms with E-state index in [-0.39, 0.29) is 18.2 Å². The van der Waals surface area contributed by atoms with E-state index in [4.69, 9.17) is 20.3 Å². The molecule has 2 aromatic heterocycles. The zero-order valence-corrected chi connectivity index (χ0v) is 20.4. The first-order valence-electron chi connectivity index (χ1n) is 10.4. The molecular weight excluding hydrogens is 412 g/mol. The Morgan fingerprint density at radius 1 is 1.32 bits per heavy atom. The highest BCUT2D eigenvalue weighted by Gasteiger charge is 2.39. The number of aromatic nitrogens is 4. The summed E-state index contributed by atoms with van der Waals surface area (Å²) >= 11 is 0. The average Bonchev–Trinajstić information content (AvgIpc) is 3.20. The second-order valence-electron chi connectivity index (χ2n) is 9.88. The Labute approximate surface area is 184 Å². The molecule has 0 aromatic carbocycles. The number of hydrogen-bond acceptors (Lipinski definition) is 7. The van der Waals surface area contributed by atoms with Crippen LogP contribution in [0.25, 0.3) is 11.0 Å². The number of methoxy groups -OCH3 is 1. The standard InChI is InChI=1S/C21H32N6O3Si/c1-21(2,3)30-20(28)26-11-14(10-15(26)12-29-4)27-19-17(18(22)23-13-24-19)16(25-27)8-9-31(5,6)7/h13-15H,10-12H2,1-7H3,(H2,22,23,24)/t14?,15-/m1/s1. The van der Waals surface area contributed by atoms with Crippen molar-refractivity contribution in [2.24, 2.45) is 0 Å². The van der Waals surface area contributed by atoms with Gasteiger partial charge in [-0.25, -0.2) is 19.4 Å². The Balaban J connectivity index is 2.00. The molecule has 2 atom stereocenters. The first kappa shape index (κ1) is 23.0. The monoisotopic (exact) mass is 444 g/mol. The minimum atomic E-state index is -1.62. The van der Waals surface area contributed by atoms with Crippen LogP contribution in [-0.2, 0) is 9.47 Å². The lowest BCUT2D eigenvalue weighted by molar-refractivity contribution is 0.0145. The lowest BCUT2D eigenvalue weighted by Crippen LogP contribution is -2.41. The summed E-state index contributed by atoms with van der Waals surface area (Å²) < 4.78 is 12.8. The van der Waals surface area contributed by atoms with E-state index in [0.717, 1.165) is 0 Å². The predicted molar refractivity (Wildman–Crippen MR) is 122 cm³/mol. The largest absolute Gasteiger partial charge is 0.444 e. The van der Waals surface area contributed by atoms with Crippen molar-refractivity contribution in [3.8, 4) is 11.5 Å². The van der Waals surface area contributed by atoms with Crippen LogP contribution in [0.2, 0.25) is 19.6 Å². The smallest absolute Gasteiger partial charge is 0.410 e. The fourth-order valence-electron chi connectivity index (χ4n) is 3.55. The van der Waals surface area contributed by atoms with Gasteiger partial charge in [0, 0.05) is 13.7 Å². The fourth-order valence-corrected chi connectivity index (χ4v) is 4.04. The van der Waals surface area contributed by atoms with Crippen molar-refractivity contribution < 1.29 is 14.3 Å². The van der Waals surface area contributed by atoms with Crippen LogP contribution >= 0.6 is 0 Å². The zero-order valence-electron chi connectivity index (χ0n) is 19.4. The van der Waals surface area contributed by atoms with Crippen LogP contribution in [0, 0.1) is 11.5 Å². The molecular formula is C21H32N6O3Si. The molecule has 31 heavy (non-hydrogen) atoms. The number of nitrogens with zero attached hydrogens (tertiary/aromatic N) is 5. The molecule has 1 aliphatic rings. The van der Waals surface area contributed by atoms with Crippen LogP contribution in [0.4, 0.5) is 10.6 Å². The molecule has 1 saturated heterocycles. The van der Waals surface area contributed by atoms with E-state index in [1.165, 1.54) is 6.33 Å². The first-order chi connectivity index (χ1) is 14.4. The molecule has 0 saturated carbocycles. The quantitative estimate of drug-likeness (QED) is 0.573. The van der Waals surface area contributed by atoms with Gasteiger partial charge in [-0.1, -0.05) is 25.6 Å². The number of amides is 1. The summed E-state index contributed by atoms with van der Waals surface area (Å²) in [4.78, 5) is 23.1. The first-order valence-corrected chi connectivity index (χ1v) is 13.9. The Morgan fingerprint density at radius 3 is 2.65 bits per heavy atom. The summed E-state index contributed by atoms with van der Waals surface area (Å²) in [6, 6.07) is -0.230. The van der Waals surface area contributed by atoms with E-state index in [1.54, 1.807) is 12.0 Å². The van der Waals surface area contributed by atoms with E-state index in [1.807, 2.05) is 25.5 Å². The van der Waals surface area contributed by atoms with Crippen LogP contribution in [-0.4, -0.2) is 70.7 Å². The molecule has 0 radical (unpaired) electrons. The number of nitrogens with two attached hydrogens (primary N) is 1. The molecule has 0 aliphatic carbocycles. The van der Waals surface area contributed by atoms with Crippen LogP contribution in [0.5, 0.6) is 0 Å². The van der Waals surface area contributed by atoms with Crippen molar-refractivity contribution >= 4 is 31.0 Å². The number of hydrogen-bond donors (Lipinski definition) is 1. The van der Waals surface area contributed by atoms with E-state index < -0.39 is 13.7 Å². The number of likely N-dealkylation sites (tertiary alicyclic amines) is 1. The molecule has 1 unspecified atom stereocenters. The second kappa shape index (κ2) is 8.47. The van der Waals surface area contributed by atoms with Crippen molar-refractivity contribution in [1.29, 1.82) is 0 Å². The maximum atomic E-state index is 12.8. The van der Waals surface area contributed by atoms with E-state index >= 15 is 0 Å². The lowest BCUT2D eigenvalue weighted by Gasteiger charge is -2.28. The third kappa shape index (κ3) is 5.35. The van der Waals surface area contributed by atoms with Gasteiger partial charge in [0.05, 0.1) is 24.1 Å². The van der Waals surface area contributed by atoms with Gasteiger partial charge in [-0.3, -0.25) is 0 Å². The third-order valence-corrected chi connectivity index (χ3v) is 5.67. The van der Waals surface area contributed by atoms with Gasteiger partial charge in [0.25, 0.3) is 0 Å². The van der Waals surface area contributed by atoms with Gasteiger partial charge < -0.3 is 20.1 Å². The molecule has 3 heterocycles. The predicted octanol–water partition coefficient (Wildman–Crippen LogP) is 2.83. The van der Waals surface area contributed by atoms with E-state index in [0.29, 0.717) is 42.1 Å². The van der Waals surface area contributed by atoms with Crippen LogP contribution < -0.4 is 5.73 Å².